The van der Waals surface area contributed by atoms with Crippen molar-refractivity contribution in [3.63, 3.8) is 0 Å². The summed E-state index contributed by atoms with van der Waals surface area (Å²) < 4.78 is 18.0. The van der Waals surface area contributed by atoms with Crippen LogP contribution in [0.15, 0.2) is 18.2 Å². The molecular formula is C11H16FNO2. The molecule has 4 heteroatoms. The third-order valence-corrected chi connectivity index (χ3v) is 2.01. The SMILES string of the molecule is CCOCCNCc1cccc(F)c1O. The lowest BCUT2D eigenvalue weighted by Gasteiger charge is -2.07. The second-order valence-electron chi connectivity index (χ2n) is 3.12. The van der Waals surface area contributed by atoms with Crippen molar-refractivity contribution in [2.45, 2.75) is 13.5 Å². The van der Waals surface area contributed by atoms with E-state index in [0.29, 0.717) is 31.9 Å². The molecule has 2 N–H and O–H groups in total. The fourth-order valence-electron chi connectivity index (χ4n) is 1.21. The van der Waals surface area contributed by atoms with Gasteiger partial charge in [-0.15, -0.1) is 0 Å². The molecule has 1 rings (SSSR count). The van der Waals surface area contributed by atoms with Crippen molar-refractivity contribution in [3.8, 4) is 5.75 Å². The van der Waals surface area contributed by atoms with Gasteiger partial charge in [-0.2, -0.15) is 0 Å². The first kappa shape index (κ1) is 11.9. The average Bonchev–Trinajstić information content (AvgIpc) is 2.24. The number of hydrogen-bond acceptors (Lipinski definition) is 3. The van der Waals surface area contributed by atoms with E-state index in [0.717, 1.165) is 0 Å². The lowest BCUT2D eigenvalue weighted by molar-refractivity contribution is 0.149. The molecule has 0 radical (unpaired) electrons. The quantitative estimate of drug-likeness (QED) is 0.706. The third-order valence-electron chi connectivity index (χ3n) is 2.01. The van der Waals surface area contributed by atoms with Crippen LogP contribution in [0.25, 0.3) is 0 Å². The summed E-state index contributed by atoms with van der Waals surface area (Å²) in [5.74, 6) is -0.861. The van der Waals surface area contributed by atoms with E-state index in [2.05, 4.69) is 5.32 Å². The molecule has 0 aromatic heterocycles. The molecule has 0 amide bonds. The lowest BCUT2D eigenvalue weighted by Crippen LogP contribution is -2.19. The molecule has 0 unspecified atom stereocenters. The Morgan fingerprint density at radius 2 is 2.27 bits per heavy atom. The Kier molecular flexibility index (Phi) is 5.07. The first-order valence-electron chi connectivity index (χ1n) is 5.00. The lowest BCUT2D eigenvalue weighted by atomic mass is 10.2. The van der Waals surface area contributed by atoms with Gasteiger partial charge in [0.15, 0.2) is 11.6 Å². The van der Waals surface area contributed by atoms with E-state index in [-0.39, 0.29) is 5.75 Å². The van der Waals surface area contributed by atoms with Crippen molar-refractivity contribution in [2.75, 3.05) is 19.8 Å². The molecule has 15 heavy (non-hydrogen) atoms. The van der Waals surface area contributed by atoms with Crippen LogP contribution < -0.4 is 5.32 Å². The minimum absolute atomic E-state index is 0.276. The van der Waals surface area contributed by atoms with Gasteiger partial charge in [-0.05, 0) is 13.0 Å². The number of phenols is 1. The molecule has 1 aromatic carbocycles. The summed E-state index contributed by atoms with van der Waals surface area (Å²) in [5.41, 5.74) is 0.562. The molecule has 0 saturated carbocycles. The molecule has 0 saturated heterocycles. The molecule has 84 valence electrons. The number of para-hydroxylation sites is 1. The zero-order valence-electron chi connectivity index (χ0n) is 8.79. The minimum Gasteiger partial charge on any atom is -0.505 e. The van der Waals surface area contributed by atoms with Gasteiger partial charge in [0.25, 0.3) is 0 Å². The van der Waals surface area contributed by atoms with Crippen LogP contribution in [0, 0.1) is 5.82 Å². The van der Waals surface area contributed by atoms with Crippen LogP contribution in [0.4, 0.5) is 4.39 Å². The van der Waals surface area contributed by atoms with Crippen LogP contribution in [0.5, 0.6) is 5.75 Å². The predicted molar refractivity (Wildman–Crippen MR) is 56.3 cm³/mol. The number of benzene rings is 1. The highest BCUT2D eigenvalue weighted by Gasteiger charge is 2.04. The van der Waals surface area contributed by atoms with E-state index in [1.54, 1.807) is 12.1 Å². The van der Waals surface area contributed by atoms with Crippen LogP contribution >= 0.6 is 0 Å². The van der Waals surface area contributed by atoms with Crippen molar-refractivity contribution in [3.05, 3.63) is 29.6 Å². The number of nitrogens with one attached hydrogen (secondary N) is 1. The van der Waals surface area contributed by atoms with E-state index in [9.17, 15) is 9.50 Å². The molecule has 0 aliphatic rings. The maximum Gasteiger partial charge on any atom is 0.165 e. The molecule has 0 bridgehead atoms. The molecule has 0 heterocycles. The summed E-state index contributed by atoms with van der Waals surface area (Å²) in [6, 6.07) is 4.50. The van der Waals surface area contributed by atoms with Crippen LogP contribution in [0.3, 0.4) is 0 Å². The Hall–Kier alpha value is -1.13. The minimum atomic E-state index is -0.584. The molecule has 3 nitrogen and oxygen atoms in total. The molecule has 1 aromatic rings. The van der Waals surface area contributed by atoms with Crippen molar-refractivity contribution in [1.82, 2.24) is 5.32 Å². The van der Waals surface area contributed by atoms with Gasteiger partial charge in [0.1, 0.15) is 0 Å². The highest BCUT2D eigenvalue weighted by atomic mass is 19.1. The Bertz CT molecular complexity index is 305. The molecule has 0 fully saturated rings. The zero-order valence-corrected chi connectivity index (χ0v) is 8.79. The normalized spacial score (nSPS) is 10.5. The molecule has 0 aliphatic heterocycles. The monoisotopic (exact) mass is 213 g/mol. The Morgan fingerprint density at radius 1 is 1.47 bits per heavy atom. The van der Waals surface area contributed by atoms with Gasteiger partial charge >= 0.3 is 0 Å². The number of aromatic hydroxyl groups is 1. The summed E-state index contributed by atoms with van der Waals surface area (Å²) in [6.45, 7) is 4.36. The molecule has 0 atom stereocenters. The standard InChI is InChI=1S/C11H16FNO2/c1-2-15-7-6-13-8-9-4-3-5-10(12)11(9)14/h3-5,13-14H,2,6-8H2,1H3. The van der Waals surface area contributed by atoms with Gasteiger partial charge in [-0.1, -0.05) is 12.1 Å². The fraction of sp³-hybridized carbons (Fsp3) is 0.455. The van der Waals surface area contributed by atoms with Crippen LogP contribution in [-0.4, -0.2) is 24.9 Å². The topological polar surface area (TPSA) is 41.5 Å². The predicted octanol–water partition coefficient (Wildman–Crippen LogP) is 1.66. The van der Waals surface area contributed by atoms with Crippen LogP contribution in [0.2, 0.25) is 0 Å². The number of phenolic OH excluding ortho intramolecular Hbond substituents is 1. The molecule has 0 aliphatic carbocycles. The molecular weight excluding hydrogens is 197 g/mol. The number of rotatable bonds is 6. The van der Waals surface area contributed by atoms with Gasteiger partial charge in [0.2, 0.25) is 0 Å². The number of ether oxygens (including phenoxy) is 1. The summed E-state index contributed by atoms with van der Waals surface area (Å²) in [5, 5.41) is 12.4. The summed E-state index contributed by atoms with van der Waals surface area (Å²) >= 11 is 0. The summed E-state index contributed by atoms with van der Waals surface area (Å²) in [7, 11) is 0. The first-order valence-corrected chi connectivity index (χ1v) is 5.00. The van der Waals surface area contributed by atoms with Crippen molar-refractivity contribution in [1.29, 1.82) is 0 Å². The van der Waals surface area contributed by atoms with Gasteiger partial charge < -0.3 is 15.2 Å². The molecule has 0 spiro atoms. The zero-order chi connectivity index (χ0) is 11.1. The highest BCUT2D eigenvalue weighted by Crippen LogP contribution is 2.19. The van der Waals surface area contributed by atoms with E-state index < -0.39 is 5.82 Å². The van der Waals surface area contributed by atoms with E-state index >= 15 is 0 Å². The van der Waals surface area contributed by atoms with Gasteiger partial charge in [0, 0.05) is 25.3 Å². The Balaban J connectivity index is 2.34. The van der Waals surface area contributed by atoms with E-state index in [1.807, 2.05) is 6.92 Å². The number of halogens is 1. The summed E-state index contributed by atoms with van der Waals surface area (Å²) in [4.78, 5) is 0. The van der Waals surface area contributed by atoms with Gasteiger partial charge in [0.05, 0.1) is 6.61 Å². The Labute approximate surface area is 88.9 Å². The second kappa shape index (κ2) is 6.37. The summed E-state index contributed by atoms with van der Waals surface area (Å²) in [6.07, 6.45) is 0. The maximum atomic E-state index is 12.9. The largest absolute Gasteiger partial charge is 0.505 e. The van der Waals surface area contributed by atoms with Gasteiger partial charge in [-0.25, -0.2) is 4.39 Å². The van der Waals surface area contributed by atoms with E-state index in [1.165, 1.54) is 6.07 Å². The van der Waals surface area contributed by atoms with E-state index in [4.69, 9.17) is 4.74 Å². The van der Waals surface area contributed by atoms with Crippen molar-refractivity contribution in [2.24, 2.45) is 0 Å². The fourth-order valence-corrected chi connectivity index (χ4v) is 1.21. The highest BCUT2D eigenvalue weighted by molar-refractivity contribution is 5.33. The van der Waals surface area contributed by atoms with Crippen LogP contribution in [0.1, 0.15) is 12.5 Å². The van der Waals surface area contributed by atoms with Crippen molar-refractivity contribution < 1.29 is 14.2 Å². The smallest absolute Gasteiger partial charge is 0.165 e. The second-order valence-corrected chi connectivity index (χ2v) is 3.12. The number of hydrogen-bond donors (Lipinski definition) is 2. The maximum absolute atomic E-state index is 12.9. The Morgan fingerprint density at radius 3 is 3.00 bits per heavy atom. The van der Waals surface area contributed by atoms with Gasteiger partial charge in [-0.3, -0.25) is 0 Å². The third kappa shape index (κ3) is 3.85. The van der Waals surface area contributed by atoms with Crippen LogP contribution in [-0.2, 0) is 11.3 Å². The first-order chi connectivity index (χ1) is 7.25. The average molecular weight is 213 g/mol. The van der Waals surface area contributed by atoms with Crippen molar-refractivity contribution >= 4 is 0 Å².